The van der Waals surface area contributed by atoms with Gasteiger partial charge in [0.15, 0.2) is 0 Å². The van der Waals surface area contributed by atoms with E-state index < -0.39 is 0 Å². The zero-order valence-electron chi connectivity index (χ0n) is 17.4. The number of ether oxygens (including phenoxy) is 3. The predicted octanol–water partition coefficient (Wildman–Crippen LogP) is 2.48. The van der Waals surface area contributed by atoms with Crippen LogP contribution in [-0.2, 0) is 14.3 Å². The molecule has 1 aliphatic heterocycles. The molecular formula is C20H31N3O5S. The number of carbonyl (C=O) groups excluding carboxylic acids is 2. The minimum Gasteiger partial charge on any atom is -0.492 e. The Bertz CT molecular complexity index is 680. The van der Waals surface area contributed by atoms with Gasteiger partial charge in [0, 0.05) is 44.3 Å². The molecule has 0 radical (unpaired) electrons. The number of morpholine rings is 1. The van der Waals surface area contributed by atoms with Crippen LogP contribution in [0.15, 0.2) is 12.1 Å². The van der Waals surface area contributed by atoms with Crippen LogP contribution in [0.25, 0.3) is 0 Å². The average molecular weight is 426 g/mol. The molecule has 1 aromatic carbocycles. The van der Waals surface area contributed by atoms with Crippen LogP contribution < -0.4 is 25.0 Å². The summed E-state index contributed by atoms with van der Waals surface area (Å²) in [6, 6.07) is 3.77. The molecule has 1 aliphatic rings. The molecule has 1 fully saturated rings. The van der Waals surface area contributed by atoms with Crippen molar-refractivity contribution in [3.8, 4) is 11.5 Å². The normalized spacial score (nSPS) is 13.7. The summed E-state index contributed by atoms with van der Waals surface area (Å²) in [5, 5.41) is 5.63. The van der Waals surface area contributed by atoms with Crippen molar-refractivity contribution in [3.05, 3.63) is 12.1 Å². The van der Waals surface area contributed by atoms with Crippen molar-refractivity contribution in [1.29, 1.82) is 0 Å². The molecule has 29 heavy (non-hydrogen) atoms. The molecule has 0 saturated carbocycles. The average Bonchev–Trinajstić information content (AvgIpc) is 2.70. The highest BCUT2D eigenvalue weighted by Crippen LogP contribution is 2.39. The Morgan fingerprint density at radius 1 is 1.14 bits per heavy atom. The van der Waals surface area contributed by atoms with Crippen LogP contribution >= 0.6 is 11.8 Å². The molecule has 0 aliphatic carbocycles. The van der Waals surface area contributed by atoms with Gasteiger partial charge in [-0.05, 0) is 13.8 Å². The molecule has 1 aromatic rings. The number of nitrogens with zero attached hydrogens (tertiary/aromatic N) is 1. The van der Waals surface area contributed by atoms with E-state index in [1.807, 2.05) is 26.0 Å². The zero-order valence-corrected chi connectivity index (χ0v) is 18.2. The second-order valence-corrected chi connectivity index (χ2v) is 7.47. The van der Waals surface area contributed by atoms with Crippen molar-refractivity contribution in [3.63, 3.8) is 0 Å². The Balaban J connectivity index is 2.09. The lowest BCUT2D eigenvalue weighted by Gasteiger charge is -2.31. The van der Waals surface area contributed by atoms with Crippen molar-refractivity contribution in [1.82, 2.24) is 5.32 Å². The number of carbonyl (C=O) groups is 2. The molecule has 2 amide bonds. The van der Waals surface area contributed by atoms with Crippen LogP contribution in [0, 0.1) is 0 Å². The van der Waals surface area contributed by atoms with E-state index in [-0.39, 0.29) is 11.8 Å². The zero-order chi connectivity index (χ0) is 21.1. The van der Waals surface area contributed by atoms with Crippen molar-refractivity contribution in [2.24, 2.45) is 0 Å². The van der Waals surface area contributed by atoms with E-state index in [1.54, 1.807) is 0 Å². The summed E-state index contributed by atoms with van der Waals surface area (Å²) in [5.41, 5.74) is 1.55. The van der Waals surface area contributed by atoms with Gasteiger partial charge in [0.25, 0.3) is 0 Å². The maximum atomic E-state index is 12.4. The molecule has 0 aromatic heterocycles. The van der Waals surface area contributed by atoms with Crippen LogP contribution in [0.4, 0.5) is 11.4 Å². The molecule has 1 heterocycles. The lowest BCUT2D eigenvalue weighted by molar-refractivity contribution is -0.118. The molecule has 0 unspecified atom stereocenters. The number of amides is 2. The number of hydrogen-bond donors (Lipinski definition) is 2. The first-order chi connectivity index (χ1) is 14.0. The monoisotopic (exact) mass is 425 g/mol. The van der Waals surface area contributed by atoms with Crippen molar-refractivity contribution >= 4 is 35.0 Å². The Morgan fingerprint density at radius 2 is 1.83 bits per heavy atom. The molecule has 162 valence electrons. The first kappa shape index (κ1) is 23.2. The van der Waals surface area contributed by atoms with Crippen LogP contribution in [-0.4, -0.2) is 63.0 Å². The molecule has 2 rings (SSSR count). The van der Waals surface area contributed by atoms with Crippen LogP contribution in [0.1, 0.15) is 27.2 Å². The van der Waals surface area contributed by atoms with Gasteiger partial charge in [-0.2, -0.15) is 0 Å². The minimum atomic E-state index is -0.108. The molecule has 2 N–H and O–H groups in total. The molecule has 0 atom stereocenters. The summed E-state index contributed by atoms with van der Waals surface area (Å²) in [5.74, 6) is 2.26. The quantitative estimate of drug-likeness (QED) is 0.416. The fourth-order valence-corrected chi connectivity index (χ4v) is 3.63. The highest BCUT2D eigenvalue weighted by Gasteiger charge is 2.20. The van der Waals surface area contributed by atoms with Crippen molar-refractivity contribution in [2.45, 2.75) is 27.2 Å². The van der Waals surface area contributed by atoms with E-state index in [0.717, 1.165) is 18.8 Å². The van der Waals surface area contributed by atoms with E-state index in [4.69, 9.17) is 14.2 Å². The third kappa shape index (κ3) is 7.66. The van der Waals surface area contributed by atoms with Gasteiger partial charge in [0.2, 0.25) is 11.8 Å². The lowest BCUT2D eigenvalue weighted by atomic mass is 10.2. The van der Waals surface area contributed by atoms with E-state index in [9.17, 15) is 9.59 Å². The first-order valence-corrected chi connectivity index (χ1v) is 11.1. The third-order valence-electron chi connectivity index (χ3n) is 4.18. The summed E-state index contributed by atoms with van der Waals surface area (Å²) in [6.07, 6.45) is 0.338. The number of anilines is 2. The summed E-state index contributed by atoms with van der Waals surface area (Å²) in [6.45, 7) is 9.24. The summed E-state index contributed by atoms with van der Waals surface area (Å²) >= 11 is 1.50. The van der Waals surface area contributed by atoms with Crippen LogP contribution in [0.5, 0.6) is 11.5 Å². The van der Waals surface area contributed by atoms with Gasteiger partial charge in [-0.25, -0.2) is 0 Å². The number of rotatable bonds is 11. The highest BCUT2D eigenvalue weighted by molar-refractivity contribution is 7.99. The molecular weight excluding hydrogens is 394 g/mol. The van der Waals surface area contributed by atoms with Crippen LogP contribution in [0.3, 0.4) is 0 Å². The number of benzene rings is 1. The standard InChI is InChI=1S/C20H31N3O5S/c1-4-27-18-13-17(23-7-9-26-10-8-23)19(28-5-2)12-16(18)22-20(25)6-11-29-14-21-15(3)24/h12-13H,4-11,14H2,1-3H3,(H,21,24)(H,22,25). The minimum absolute atomic E-state index is 0.0767. The fourth-order valence-electron chi connectivity index (χ4n) is 2.85. The predicted molar refractivity (Wildman–Crippen MR) is 116 cm³/mol. The van der Waals surface area contributed by atoms with Gasteiger partial charge >= 0.3 is 0 Å². The summed E-state index contributed by atoms with van der Waals surface area (Å²) in [4.78, 5) is 25.5. The van der Waals surface area contributed by atoms with E-state index in [1.165, 1.54) is 18.7 Å². The molecule has 0 bridgehead atoms. The van der Waals surface area contributed by atoms with Gasteiger partial charge in [0.05, 0.1) is 43.7 Å². The lowest BCUT2D eigenvalue weighted by Crippen LogP contribution is -2.36. The van der Waals surface area contributed by atoms with E-state index >= 15 is 0 Å². The molecule has 1 saturated heterocycles. The largest absolute Gasteiger partial charge is 0.492 e. The maximum Gasteiger partial charge on any atom is 0.225 e. The Labute approximate surface area is 176 Å². The van der Waals surface area contributed by atoms with Crippen LogP contribution in [0.2, 0.25) is 0 Å². The van der Waals surface area contributed by atoms with E-state index in [0.29, 0.717) is 61.7 Å². The second kappa shape index (κ2) is 12.4. The van der Waals surface area contributed by atoms with Gasteiger partial charge in [-0.1, -0.05) is 0 Å². The maximum absolute atomic E-state index is 12.4. The molecule has 0 spiro atoms. The van der Waals surface area contributed by atoms with Crippen molar-refractivity contribution in [2.75, 3.05) is 61.4 Å². The number of hydrogen-bond acceptors (Lipinski definition) is 7. The Kier molecular flexibility index (Phi) is 9.93. The highest BCUT2D eigenvalue weighted by atomic mass is 32.2. The summed E-state index contributed by atoms with van der Waals surface area (Å²) < 4.78 is 17.1. The smallest absolute Gasteiger partial charge is 0.225 e. The van der Waals surface area contributed by atoms with Crippen molar-refractivity contribution < 1.29 is 23.8 Å². The van der Waals surface area contributed by atoms with Gasteiger partial charge in [-0.3, -0.25) is 9.59 Å². The molecule has 9 heteroatoms. The van der Waals surface area contributed by atoms with E-state index in [2.05, 4.69) is 15.5 Å². The SMILES string of the molecule is CCOc1cc(N2CCOCC2)c(OCC)cc1NC(=O)CCSCNC(C)=O. The Morgan fingerprint density at radius 3 is 2.48 bits per heavy atom. The fraction of sp³-hybridized carbons (Fsp3) is 0.600. The van der Waals surface area contributed by atoms with Gasteiger partial charge in [-0.15, -0.1) is 11.8 Å². The third-order valence-corrected chi connectivity index (χ3v) is 5.02. The Hall–Kier alpha value is -2.13. The number of nitrogens with one attached hydrogen (secondary N) is 2. The van der Waals surface area contributed by atoms with Gasteiger partial charge in [0.1, 0.15) is 11.5 Å². The van der Waals surface area contributed by atoms with Gasteiger partial charge < -0.3 is 29.7 Å². The summed E-state index contributed by atoms with van der Waals surface area (Å²) in [7, 11) is 0. The second-order valence-electron chi connectivity index (χ2n) is 6.37. The first-order valence-electron chi connectivity index (χ1n) is 9.93. The molecule has 8 nitrogen and oxygen atoms in total. The topological polar surface area (TPSA) is 89.1 Å². The number of thioether (sulfide) groups is 1.